The molecule has 7 heteroatoms. The van der Waals surface area contributed by atoms with E-state index in [4.69, 9.17) is 15.2 Å². The molecular formula is C11H22N2O4S. The van der Waals surface area contributed by atoms with E-state index in [9.17, 15) is 8.42 Å². The Labute approximate surface area is 108 Å². The van der Waals surface area contributed by atoms with Crippen molar-refractivity contribution >= 4 is 10.0 Å². The normalized spacial score (nSPS) is 35.9. The first-order valence-corrected chi connectivity index (χ1v) is 8.15. The van der Waals surface area contributed by atoms with E-state index in [-0.39, 0.29) is 30.5 Å². The highest BCUT2D eigenvalue weighted by Gasteiger charge is 2.51. The molecule has 0 aromatic rings. The molecule has 4 unspecified atom stereocenters. The van der Waals surface area contributed by atoms with Gasteiger partial charge in [0.1, 0.15) is 0 Å². The molecule has 3 N–H and O–H groups in total. The first-order chi connectivity index (χ1) is 8.55. The highest BCUT2D eigenvalue weighted by Crippen LogP contribution is 2.37. The average molecular weight is 278 g/mol. The summed E-state index contributed by atoms with van der Waals surface area (Å²) in [5.41, 5.74) is 6.00. The van der Waals surface area contributed by atoms with Crippen molar-refractivity contribution < 1.29 is 17.9 Å². The topological polar surface area (TPSA) is 90.7 Å². The first-order valence-electron chi connectivity index (χ1n) is 6.50. The number of hydrogen-bond donors (Lipinski definition) is 2. The van der Waals surface area contributed by atoms with Crippen molar-refractivity contribution in [2.45, 2.75) is 38.0 Å². The Kier molecular flexibility index (Phi) is 4.60. The highest BCUT2D eigenvalue weighted by atomic mass is 32.2. The second kappa shape index (κ2) is 5.83. The molecule has 1 aliphatic heterocycles. The van der Waals surface area contributed by atoms with E-state index in [0.717, 1.165) is 12.8 Å². The fraction of sp³-hybridized carbons (Fsp3) is 1.00. The Balaban J connectivity index is 1.85. The van der Waals surface area contributed by atoms with Gasteiger partial charge in [-0.15, -0.1) is 0 Å². The Morgan fingerprint density at radius 2 is 2.28 bits per heavy atom. The van der Waals surface area contributed by atoms with E-state index in [1.54, 1.807) is 0 Å². The first kappa shape index (κ1) is 14.2. The number of fused-ring (bicyclic) bond motifs is 1. The van der Waals surface area contributed by atoms with Crippen molar-refractivity contribution in [1.29, 1.82) is 0 Å². The lowest BCUT2D eigenvalue weighted by Crippen LogP contribution is -2.72. The summed E-state index contributed by atoms with van der Waals surface area (Å²) in [6, 6.07) is -0.404. The summed E-state index contributed by atoms with van der Waals surface area (Å²) in [6.07, 6.45) is 2.00. The van der Waals surface area contributed by atoms with Crippen LogP contribution in [0.15, 0.2) is 0 Å². The molecule has 4 atom stereocenters. The maximum atomic E-state index is 11.8. The van der Waals surface area contributed by atoms with Gasteiger partial charge >= 0.3 is 0 Å². The van der Waals surface area contributed by atoms with E-state index < -0.39 is 10.0 Å². The van der Waals surface area contributed by atoms with Gasteiger partial charge in [0.15, 0.2) is 0 Å². The number of nitrogens with two attached hydrogens (primary N) is 1. The van der Waals surface area contributed by atoms with Gasteiger partial charge in [0.2, 0.25) is 10.0 Å². The van der Waals surface area contributed by atoms with E-state index in [1.807, 2.05) is 6.92 Å². The fourth-order valence-corrected chi connectivity index (χ4v) is 3.83. The van der Waals surface area contributed by atoms with Gasteiger partial charge in [-0.05, 0) is 19.8 Å². The second-order valence-electron chi connectivity index (χ2n) is 4.88. The van der Waals surface area contributed by atoms with Crippen molar-refractivity contribution in [3.63, 3.8) is 0 Å². The Bertz CT molecular complexity index is 373. The van der Waals surface area contributed by atoms with Crippen LogP contribution in [0.5, 0.6) is 0 Å². The molecule has 1 aliphatic carbocycles. The van der Waals surface area contributed by atoms with E-state index in [1.165, 1.54) is 0 Å². The smallest absolute Gasteiger partial charge is 0.214 e. The Morgan fingerprint density at radius 1 is 1.50 bits per heavy atom. The molecule has 1 saturated heterocycles. The zero-order valence-electron chi connectivity index (χ0n) is 10.7. The maximum absolute atomic E-state index is 11.8. The molecule has 18 heavy (non-hydrogen) atoms. The molecule has 2 rings (SSSR count). The lowest BCUT2D eigenvalue weighted by Gasteiger charge is -2.52. The predicted molar refractivity (Wildman–Crippen MR) is 67.6 cm³/mol. The Morgan fingerprint density at radius 3 is 3.00 bits per heavy atom. The predicted octanol–water partition coefficient (Wildman–Crippen LogP) is -0.553. The largest absolute Gasteiger partial charge is 0.381 e. The third kappa shape index (κ3) is 3.03. The highest BCUT2D eigenvalue weighted by molar-refractivity contribution is 7.89. The van der Waals surface area contributed by atoms with Gasteiger partial charge < -0.3 is 15.2 Å². The van der Waals surface area contributed by atoms with Crippen molar-refractivity contribution in [3.8, 4) is 0 Å². The SMILES string of the molecule is CCOCCS(=O)(=O)NC1C(N)C2CCCOC21. The van der Waals surface area contributed by atoms with Crippen LogP contribution < -0.4 is 10.5 Å². The van der Waals surface area contributed by atoms with Crippen LogP contribution in [-0.4, -0.2) is 52.2 Å². The van der Waals surface area contributed by atoms with E-state index >= 15 is 0 Å². The van der Waals surface area contributed by atoms with Gasteiger partial charge in [-0.3, -0.25) is 0 Å². The lowest BCUT2D eigenvalue weighted by atomic mass is 9.69. The van der Waals surface area contributed by atoms with Gasteiger partial charge in [0, 0.05) is 25.2 Å². The van der Waals surface area contributed by atoms with Gasteiger partial charge in [0.25, 0.3) is 0 Å². The van der Waals surface area contributed by atoms with Gasteiger partial charge in [0.05, 0.1) is 24.5 Å². The van der Waals surface area contributed by atoms with E-state index in [2.05, 4.69) is 4.72 Å². The molecule has 2 fully saturated rings. The van der Waals surface area contributed by atoms with Crippen LogP contribution in [0.1, 0.15) is 19.8 Å². The summed E-state index contributed by atoms with van der Waals surface area (Å²) >= 11 is 0. The molecule has 1 saturated carbocycles. The van der Waals surface area contributed by atoms with Crippen LogP contribution in [0.3, 0.4) is 0 Å². The van der Waals surface area contributed by atoms with Crippen LogP contribution in [-0.2, 0) is 19.5 Å². The number of sulfonamides is 1. The van der Waals surface area contributed by atoms with Gasteiger partial charge in [-0.2, -0.15) is 0 Å². The maximum Gasteiger partial charge on any atom is 0.214 e. The second-order valence-corrected chi connectivity index (χ2v) is 6.75. The minimum absolute atomic E-state index is 0.0263. The van der Waals surface area contributed by atoms with Crippen molar-refractivity contribution in [2.24, 2.45) is 11.7 Å². The van der Waals surface area contributed by atoms with Crippen LogP contribution in [0.2, 0.25) is 0 Å². The molecule has 1 heterocycles. The Hall–Kier alpha value is -0.210. The van der Waals surface area contributed by atoms with Crippen LogP contribution in [0.25, 0.3) is 0 Å². The monoisotopic (exact) mass is 278 g/mol. The molecule has 2 aliphatic rings. The third-order valence-corrected chi connectivity index (χ3v) is 5.03. The minimum atomic E-state index is -3.33. The molecule has 0 aromatic carbocycles. The molecule has 0 aromatic heterocycles. The summed E-state index contributed by atoms with van der Waals surface area (Å²) in [7, 11) is -3.33. The molecule has 0 spiro atoms. The number of nitrogens with one attached hydrogen (secondary N) is 1. The van der Waals surface area contributed by atoms with Crippen molar-refractivity contribution in [3.05, 3.63) is 0 Å². The summed E-state index contributed by atoms with van der Waals surface area (Å²) in [6.45, 7) is 3.27. The summed E-state index contributed by atoms with van der Waals surface area (Å²) in [5.74, 6) is 0.278. The molecule has 106 valence electrons. The third-order valence-electron chi connectivity index (χ3n) is 3.69. The standard InChI is InChI=1S/C11H22N2O4S/c1-2-16-6-7-18(14,15)13-10-9(12)8-4-3-5-17-11(8)10/h8-11,13H,2-7,12H2,1H3. The summed E-state index contributed by atoms with van der Waals surface area (Å²) in [5, 5.41) is 0. The van der Waals surface area contributed by atoms with Crippen molar-refractivity contribution in [1.82, 2.24) is 4.72 Å². The number of ether oxygens (including phenoxy) is 2. The van der Waals surface area contributed by atoms with Gasteiger partial charge in [-0.1, -0.05) is 0 Å². The molecule has 6 nitrogen and oxygen atoms in total. The van der Waals surface area contributed by atoms with E-state index in [0.29, 0.717) is 19.1 Å². The average Bonchev–Trinajstić information content (AvgIpc) is 2.36. The summed E-state index contributed by atoms with van der Waals surface area (Å²) < 4.78 is 36.9. The molecule has 0 bridgehead atoms. The molecule has 0 amide bonds. The quantitative estimate of drug-likeness (QED) is 0.636. The number of rotatable bonds is 6. The molecular weight excluding hydrogens is 256 g/mol. The fourth-order valence-electron chi connectivity index (χ4n) is 2.67. The van der Waals surface area contributed by atoms with Crippen LogP contribution in [0, 0.1) is 5.92 Å². The lowest BCUT2D eigenvalue weighted by molar-refractivity contribution is -0.114. The van der Waals surface area contributed by atoms with Gasteiger partial charge in [-0.25, -0.2) is 13.1 Å². The summed E-state index contributed by atoms with van der Waals surface area (Å²) in [4.78, 5) is 0. The number of hydrogen-bond acceptors (Lipinski definition) is 5. The zero-order chi connectivity index (χ0) is 13.2. The van der Waals surface area contributed by atoms with Crippen LogP contribution >= 0.6 is 0 Å². The molecule has 0 radical (unpaired) electrons. The minimum Gasteiger partial charge on any atom is -0.381 e. The van der Waals surface area contributed by atoms with Crippen molar-refractivity contribution in [2.75, 3.05) is 25.6 Å². The zero-order valence-corrected chi connectivity index (χ0v) is 11.5. The van der Waals surface area contributed by atoms with Crippen LogP contribution in [0.4, 0.5) is 0 Å².